The Labute approximate surface area is 267 Å². The number of hydrogen-bond donors (Lipinski definition) is 5. The largest absolute Gasteiger partial charge is 0.505 e. The molecule has 7 N–H and O–H groups in total. The highest BCUT2D eigenvalue weighted by Crippen LogP contribution is 2.47. The molecule has 0 bridgehead atoms. The third-order valence-electron chi connectivity index (χ3n) is 6.88. The first kappa shape index (κ1) is 30.1. The average Bonchev–Trinajstić information content (AvgIpc) is 3.83. The molecule has 4 amide bonds. The molecule has 0 atom stereocenters. The number of hydrogen-bond acceptors (Lipinski definition) is 8. The molecule has 2 fully saturated rings. The average molecular weight is 791 g/mol. The number of carbonyl (C=O) groups excluding carboxylic acids is 5. The fourth-order valence-corrected chi connectivity index (χ4v) is 8.32. The molecule has 3 aliphatic rings. The highest BCUT2D eigenvalue weighted by Gasteiger charge is 2.42. The quantitative estimate of drug-likeness (QED) is 0.202. The zero-order valence-corrected chi connectivity index (χ0v) is 27.5. The lowest BCUT2D eigenvalue weighted by atomic mass is 9.94. The molecule has 10 nitrogen and oxygen atoms in total. The Balaban J connectivity index is 0.000000165. The molecule has 41 heavy (non-hydrogen) atoms. The van der Waals surface area contributed by atoms with Gasteiger partial charge < -0.3 is 27.2 Å². The van der Waals surface area contributed by atoms with E-state index in [1.165, 1.54) is 0 Å². The summed E-state index contributed by atoms with van der Waals surface area (Å²) in [6.07, 6.45) is 4.55. The number of rotatable bonds is 6. The number of amides is 4. The van der Waals surface area contributed by atoms with E-state index in [4.69, 9.17) is 11.5 Å². The van der Waals surface area contributed by atoms with E-state index in [2.05, 4.69) is 58.4 Å². The van der Waals surface area contributed by atoms with Crippen molar-refractivity contribution in [2.24, 2.45) is 23.3 Å². The summed E-state index contributed by atoms with van der Waals surface area (Å²) in [5, 5.41) is 16.9. The van der Waals surface area contributed by atoms with Gasteiger partial charge in [0.05, 0.1) is 25.2 Å². The van der Waals surface area contributed by atoms with Gasteiger partial charge in [-0.15, -0.1) is 22.7 Å². The lowest BCUT2D eigenvalue weighted by Crippen LogP contribution is -2.30. The molecule has 1 aromatic carbocycles. The number of anilines is 2. The van der Waals surface area contributed by atoms with Crippen molar-refractivity contribution < 1.29 is 29.1 Å². The van der Waals surface area contributed by atoms with E-state index in [0.717, 1.165) is 48.4 Å². The number of nitrogens with two attached hydrogens (primary N) is 2. The van der Waals surface area contributed by atoms with E-state index < -0.39 is 15.0 Å². The summed E-state index contributed by atoms with van der Waals surface area (Å²) in [5.74, 6) is -1.48. The first-order valence-corrected chi connectivity index (χ1v) is 16.5. The Morgan fingerprint density at radius 2 is 1.44 bits per heavy atom. The van der Waals surface area contributed by atoms with Crippen molar-refractivity contribution in [2.45, 2.75) is 41.8 Å². The number of benzene rings is 1. The maximum Gasteiger partial charge on any atom is 0.252 e. The molecule has 6 rings (SSSR count). The smallest absolute Gasteiger partial charge is 0.252 e. The van der Waals surface area contributed by atoms with E-state index in [0.29, 0.717) is 47.8 Å². The monoisotopic (exact) mass is 788 g/mol. The van der Waals surface area contributed by atoms with Crippen LogP contribution < -0.4 is 22.1 Å². The standard InChI is InChI=1S/C13H12Br2N2O3S.C13H11BrN2O3S/c14-13(15)4-3-6-7(10(16)19)12(21-8(6)9(13)18)17-11(20)5-1-2-5;14-7-4-3-6-8(11(15)18)13(20-10(6)9(7)17)16-12(19)5-1-2-5/h5H,1-4H2,(H2,16,19)(H,17,20);3-5,17H,1-2H2,(H2,15,18)(H,16,19). The molecule has 2 saturated carbocycles. The number of halogens is 3. The molecule has 3 aromatic rings. The van der Waals surface area contributed by atoms with Gasteiger partial charge in [0.25, 0.3) is 11.8 Å². The number of alkyl halides is 2. The normalized spacial score (nSPS) is 17.3. The molecule has 0 radical (unpaired) electrons. The summed E-state index contributed by atoms with van der Waals surface area (Å²) in [5.41, 5.74) is 12.0. The number of fused-ring (bicyclic) bond motifs is 2. The van der Waals surface area contributed by atoms with Crippen LogP contribution in [0, 0.1) is 11.8 Å². The first-order chi connectivity index (χ1) is 19.3. The van der Waals surface area contributed by atoms with Crippen molar-refractivity contribution in [2.75, 3.05) is 10.6 Å². The maximum absolute atomic E-state index is 12.4. The van der Waals surface area contributed by atoms with Crippen LogP contribution in [0.25, 0.3) is 10.1 Å². The van der Waals surface area contributed by atoms with Crippen molar-refractivity contribution in [1.82, 2.24) is 0 Å². The minimum absolute atomic E-state index is 0.0204. The fraction of sp³-hybridized carbons (Fsp3) is 0.346. The van der Waals surface area contributed by atoms with E-state index >= 15 is 0 Å². The minimum atomic E-state index is -0.801. The zero-order valence-electron chi connectivity index (χ0n) is 21.1. The van der Waals surface area contributed by atoms with Gasteiger partial charge in [0.2, 0.25) is 11.8 Å². The third kappa shape index (κ3) is 6.10. The molecule has 0 aliphatic heterocycles. The van der Waals surface area contributed by atoms with Crippen LogP contribution in [0.3, 0.4) is 0 Å². The van der Waals surface area contributed by atoms with Gasteiger partial charge in [-0.2, -0.15) is 0 Å². The van der Waals surface area contributed by atoms with Crippen LogP contribution >= 0.6 is 70.5 Å². The summed E-state index contributed by atoms with van der Waals surface area (Å²) in [4.78, 5) is 60.0. The molecule has 0 spiro atoms. The molecule has 0 saturated heterocycles. The van der Waals surface area contributed by atoms with E-state index in [1.54, 1.807) is 12.1 Å². The van der Waals surface area contributed by atoms with Crippen LogP contribution in [0.2, 0.25) is 0 Å². The van der Waals surface area contributed by atoms with Gasteiger partial charge in [-0.1, -0.05) is 37.9 Å². The van der Waals surface area contributed by atoms with Crippen LogP contribution in [0.4, 0.5) is 10.0 Å². The van der Waals surface area contributed by atoms with Crippen molar-refractivity contribution in [3.8, 4) is 5.75 Å². The molecule has 216 valence electrons. The van der Waals surface area contributed by atoms with Crippen LogP contribution in [-0.2, 0) is 16.0 Å². The number of nitrogens with one attached hydrogen (secondary N) is 2. The van der Waals surface area contributed by atoms with Crippen LogP contribution in [-0.4, -0.2) is 37.8 Å². The van der Waals surface area contributed by atoms with Gasteiger partial charge in [0.1, 0.15) is 19.0 Å². The SMILES string of the molecule is NC(=O)c1c(NC(=O)C2CC2)sc2c(O)c(Br)ccc12.NC(=O)c1c(NC(=O)C2CC2)sc2c1CCC(Br)(Br)C2=O. The summed E-state index contributed by atoms with van der Waals surface area (Å²) >= 11 is 12.2. The molecule has 2 heterocycles. The van der Waals surface area contributed by atoms with Gasteiger partial charge in [0.15, 0.2) is 5.78 Å². The third-order valence-corrected chi connectivity index (χ3v) is 11.3. The van der Waals surface area contributed by atoms with Gasteiger partial charge in [-0.05, 0) is 66.1 Å². The Morgan fingerprint density at radius 1 is 0.902 bits per heavy atom. The van der Waals surface area contributed by atoms with Crippen molar-refractivity contribution in [1.29, 1.82) is 0 Å². The predicted molar refractivity (Wildman–Crippen MR) is 168 cm³/mol. The Bertz CT molecular complexity index is 1640. The lowest BCUT2D eigenvalue weighted by molar-refractivity contribution is -0.118. The second-order valence-electron chi connectivity index (χ2n) is 9.98. The molecule has 3 aliphatic carbocycles. The molecule has 15 heteroatoms. The maximum atomic E-state index is 12.4. The highest BCUT2D eigenvalue weighted by molar-refractivity contribution is 9.26. The topological polar surface area (TPSA) is 182 Å². The summed E-state index contributed by atoms with van der Waals surface area (Å²) in [6, 6.07) is 3.34. The van der Waals surface area contributed by atoms with E-state index in [1.807, 2.05) is 0 Å². The number of carbonyl (C=O) groups is 5. The predicted octanol–water partition coefficient (Wildman–Crippen LogP) is 5.63. The lowest BCUT2D eigenvalue weighted by Gasteiger charge is -2.23. The van der Waals surface area contributed by atoms with Crippen molar-refractivity contribution >= 4 is 120 Å². The highest BCUT2D eigenvalue weighted by atomic mass is 79.9. The van der Waals surface area contributed by atoms with Crippen molar-refractivity contribution in [3.63, 3.8) is 0 Å². The Kier molecular flexibility index (Phi) is 8.38. The van der Waals surface area contributed by atoms with Gasteiger partial charge in [0, 0.05) is 17.2 Å². The number of primary amides is 2. The second-order valence-corrected chi connectivity index (χ2v) is 16.6. The van der Waals surface area contributed by atoms with Gasteiger partial charge >= 0.3 is 0 Å². The number of aromatic hydroxyl groups is 1. The van der Waals surface area contributed by atoms with Crippen molar-refractivity contribution in [3.05, 3.63) is 38.2 Å². The number of ketones is 1. The van der Waals surface area contributed by atoms with Crippen LogP contribution in [0.15, 0.2) is 16.6 Å². The van der Waals surface area contributed by atoms with Gasteiger partial charge in [-0.25, -0.2) is 0 Å². The Morgan fingerprint density at radius 3 is 1.95 bits per heavy atom. The number of phenolic OH excluding ortho intramolecular Hbond substituents is 1. The molecular formula is C26H23Br3N4O6S2. The summed E-state index contributed by atoms with van der Waals surface area (Å²) in [6.45, 7) is 0. The molecular weight excluding hydrogens is 768 g/mol. The van der Waals surface area contributed by atoms with E-state index in [-0.39, 0.29) is 46.3 Å². The Hall–Kier alpha value is -2.33. The summed E-state index contributed by atoms with van der Waals surface area (Å²) in [7, 11) is 0. The second kappa shape index (κ2) is 11.4. The fourth-order valence-electron chi connectivity index (χ4n) is 4.37. The zero-order chi connectivity index (χ0) is 29.8. The van der Waals surface area contributed by atoms with Crippen LogP contribution in [0.1, 0.15) is 68.1 Å². The molecule has 2 aromatic heterocycles. The van der Waals surface area contributed by atoms with E-state index in [9.17, 15) is 29.1 Å². The first-order valence-electron chi connectivity index (χ1n) is 12.5. The minimum Gasteiger partial charge on any atom is -0.505 e. The number of thiophene rings is 2. The number of phenols is 1. The summed E-state index contributed by atoms with van der Waals surface area (Å²) < 4.78 is 0.256. The van der Waals surface area contributed by atoms with Gasteiger partial charge in [-0.3, -0.25) is 24.0 Å². The van der Waals surface area contributed by atoms with Crippen LogP contribution in [0.5, 0.6) is 5.75 Å². The molecule has 0 unspecified atom stereocenters. The number of Topliss-reactive ketones (excluding diaryl/α,β-unsaturated/α-hetero) is 1.